The van der Waals surface area contributed by atoms with Gasteiger partial charge < -0.3 is 16.0 Å². The molecule has 2 aliphatic carbocycles. The molecule has 1 atom stereocenters. The molecule has 2 saturated carbocycles. The van der Waals surface area contributed by atoms with E-state index in [1.54, 1.807) is 0 Å². The summed E-state index contributed by atoms with van der Waals surface area (Å²) in [6, 6.07) is 9.70. The molecule has 2 fully saturated rings. The van der Waals surface area contributed by atoms with Gasteiger partial charge in [0.1, 0.15) is 5.54 Å². The smallest absolute Gasteiger partial charge is 0.315 e. The van der Waals surface area contributed by atoms with Crippen LogP contribution in [0.25, 0.3) is 0 Å². The molecule has 0 saturated heterocycles. The second kappa shape index (κ2) is 7.24. The number of carbonyl (C=O) groups excluding carboxylic acids is 2. The molecule has 0 aliphatic heterocycles. The van der Waals surface area contributed by atoms with Crippen LogP contribution < -0.4 is 16.0 Å². The zero-order valence-corrected chi connectivity index (χ0v) is 14.3. The number of rotatable bonds is 6. The van der Waals surface area contributed by atoms with Crippen LogP contribution in [0.15, 0.2) is 30.3 Å². The van der Waals surface area contributed by atoms with E-state index in [-0.39, 0.29) is 18.0 Å². The van der Waals surface area contributed by atoms with E-state index in [1.807, 2.05) is 30.3 Å². The van der Waals surface area contributed by atoms with E-state index in [0.29, 0.717) is 12.5 Å². The van der Waals surface area contributed by atoms with Crippen molar-refractivity contribution >= 4 is 11.9 Å². The molecule has 0 radical (unpaired) electrons. The first-order valence-electron chi connectivity index (χ1n) is 9.00. The largest absolute Gasteiger partial charge is 0.351 e. The third kappa shape index (κ3) is 4.08. The summed E-state index contributed by atoms with van der Waals surface area (Å²) >= 11 is 0. The van der Waals surface area contributed by atoms with E-state index in [2.05, 4.69) is 22.9 Å². The lowest BCUT2D eigenvalue weighted by atomic mass is 9.95. The van der Waals surface area contributed by atoms with E-state index in [9.17, 15) is 9.59 Å². The monoisotopic (exact) mass is 329 g/mol. The van der Waals surface area contributed by atoms with E-state index in [1.165, 1.54) is 12.8 Å². The fourth-order valence-electron chi connectivity index (χ4n) is 3.49. The molecule has 3 amide bonds. The van der Waals surface area contributed by atoms with Gasteiger partial charge in [0.05, 0.1) is 0 Å². The van der Waals surface area contributed by atoms with Crippen LogP contribution in [0.3, 0.4) is 0 Å². The summed E-state index contributed by atoms with van der Waals surface area (Å²) in [6.45, 7) is 2.52. The second-order valence-electron chi connectivity index (χ2n) is 7.18. The molecule has 0 heterocycles. The van der Waals surface area contributed by atoms with Gasteiger partial charge in [0.2, 0.25) is 5.91 Å². The summed E-state index contributed by atoms with van der Waals surface area (Å²) < 4.78 is 0. The molecule has 0 bridgehead atoms. The van der Waals surface area contributed by atoms with E-state index in [4.69, 9.17) is 0 Å². The minimum Gasteiger partial charge on any atom is -0.351 e. The lowest BCUT2D eigenvalue weighted by Gasteiger charge is -2.30. The van der Waals surface area contributed by atoms with Gasteiger partial charge >= 0.3 is 6.03 Å². The van der Waals surface area contributed by atoms with Crippen LogP contribution in [-0.2, 0) is 11.3 Å². The Kier molecular flexibility index (Phi) is 5.07. The average Bonchev–Trinajstić information content (AvgIpc) is 3.34. The van der Waals surface area contributed by atoms with Gasteiger partial charge in [0, 0.05) is 12.6 Å². The van der Waals surface area contributed by atoms with Crippen molar-refractivity contribution in [2.45, 2.75) is 63.6 Å². The minimum absolute atomic E-state index is 0.0192. The average molecular weight is 329 g/mol. The van der Waals surface area contributed by atoms with Gasteiger partial charge in [-0.15, -0.1) is 0 Å². The highest BCUT2D eigenvalue weighted by molar-refractivity contribution is 5.91. The lowest BCUT2D eigenvalue weighted by molar-refractivity contribution is -0.127. The SMILES string of the molecule is CC(NC(=O)C1(NC(=O)NCc2ccccc2)CCCC1)C1CC1. The minimum atomic E-state index is -0.746. The molecule has 3 rings (SSSR count). The standard InChI is InChI=1S/C19H27N3O2/c1-14(16-9-10-16)21-17(23)19(11-5-6-12-19)22-18(24)20-13-15-7-3-2-4-8-15/h2-4,7-8,14,16H,5-6,9-13H2,1H3,(H,21,23)(H2,20,22,24). The molecule has 24 heavy (non-hydrogen) atoms. The van der Waals surface area contributed by atoms with Gasteiger partial charge in [-0.3, -0.25) is 4.79 Å². The lowest BCUT2D eigenvalue weighted by Crippen LogP contribution is -2.60. The summed E-state index contributed by atoms with van der Waals surface area (Å²) in [6.07, 6.45) is 5.78. The number of hydrogen-bond acceptors (Lipinski definition) is 2. The van der Waals surface area contributed by atoms with E-state index < -0.39 is 5.54 Å². The van der Waals surface area contributed by atoms with Crippen molar-refractivity contribution < 1.29 is 9.59 Å². The van der Waals surface area contributed by atoms with Gasteiger partial charge in [-0.2, -0.15) is 0 Å². The molecule has 2 aliphatic rings. The summed E-state index contributed by atoms with van der Waals surface area (Å²) in [4.78, 5) is 25.1. The quantitative estimate of drug-likeness (QED) is 0.751. The first-order valence-corrected chi connectivity index (χ1v) is 9.00. The highest BCUT2D eigenvalue weighted by Crippen LogP contribution is 2.34. The summed E-state index contributed by atoms with van der Waals surface area (Å²) in [5, 5.41) is 8.95. The highest BCUT2D eigenvalue weighted by atomic mass is 16.2. The Hall–Kier alpha value is -2.04. The van der Waals surface area contributed by atoms with Gasteiger partial charge in [0.15, 0.2) is 0 Å². The topological polar surface area (TPSA) is 70.2 Å². The molecular formula is C19H27N3O2. The molecule has 5 heteroatoms. The van der Waals surface area contributed by atoms with Gasteiger partial charge in [-0.1, -0.05) is 43.2 Å². The Bertz CT molecular complexity index is 578. The molecule has 0 aromatic heterocycles. The Labute approximate surface area is 143 Å². The fraction of sp³-hybridized carbons (Fsp3) is 0.579. The molecule has 3 N–H and O–H groups in total. The van der Waals surface area contributed by atoms with Crippen LogP contribution in [0.2, 0.25) is 0 Å². The van der Waals surface area contributed by atoms with E-state index >= 15 is 0 Å². The van der Waals surface area contributed by atoms with Gasteiger partial charge in [0.25, 0.3) is 0 Å². The Balaban J connectivity index is 1.56. The molecule has 5 nitrogen and oxygen atoms in total. The highest BCUT2D eigenvalue weighted by Gasteiger charge is 2.43. The van der Waals surface area contributed by atoms with Crippen LogP contribution in [0.5, 0.6) is 0 Å². The molecule has 1 aromatic rings. The van der Waals surface area contributed by atoms with E-state index in [0.717, 1.165) is 31.2 Å². The van der Waals surface area contributed by atoms with Crippen molar-refractivity contribution in [2.75, 3.05) is 0 Å². The van der Waals surface area contributed by atoms with Crippen molar-refractivity contribution in [3.63, 3.8) is 0 Å². The number of benzene rings is 1. The summed E-state index contributed by atoms with van der Waals surface area (Å²) in [5.74, 6) is 0.591. The number of amides is 3. The van der Waals surface area contributed by atoms with Crippen molar-refractivity contribution in [2.24, 2.45) is 5.92 Å². The predicted octanol–water partition coefficient (Wildman–Crippen LogP) is 2.71. The van der Waals surface area contributed by atoms with Crippen LogP contribution in [0.1, 0.15) is 51.0 Å². The second-order valence-corrected chi connectivity index (χ2v) is 7.18. The van der Waals surface area contributed by atoms with Crippen molar-refractivity contribution in [1.29, 1.82) is 0 Å². The third-order valence-electron chi connectivity index (χ3n) is 5.23. The zero-order chi connectivity index (χ0) is 17.0. The molecule has 1 aromatic carbocycles. The number of nitrogens with one attached hydrogen (secondary N) is 3. The van der Waals surface area contributed by atoms with Gasteiger partial charge in [-0.05, 0) is 44.1 Å². The van der Waals surface area contributed by atoms with Crippen LogP contribution >= 0.6 is 0 Å². The maximum Gasteiger partial charge on any atom is 0.315 e. The van der Waals surface area contributed by atoms with Crippen LogP contribution in [-0.4, -0.2) is 23.5 Å². The van der Waals surface area contributed by atoms with Crippen LogP contribution in [0.4, 0.5) is 4.79 Å². The predicted molar refractivity (Wildman–Crippen MR) is 93.3 cm³/mol. The number of urea groups is 1. The maximum atomic E-state index is 12.8. The molecule has 1 unspecified atom stereocenters. The Morgan fingerprint density at radius 3 is 2.46 bits per heavy atom. The Morgan fingerprint density at radius 2 is 1.83 bits per heavy atom. The first-order chi connectivity index (χ1) is 11.6. The number of hydrogen-bond donors (Lipinski definition) is 3. The molecule has 130 valence electrons. The molecular weight excluding hydrogens is 302 g/mol. The first kappa shape index (κ1) is 16.8. The zero-order valence-electron chi connectivity index (χ0n) is 14.3. The Morgan fingerprint density at radius 1 is 1.17 bits per heavy atom. The molecule has 0 spiro atoms. The van der Waals surface area contributed by atoms with Crippen molar-refractivity contribution in [3.8, 4) is 0 Å². The summed E-state index contributed by atoms with van der Waals surface area (Å²) in [7, 11) is 0. The van der Waals surface area contributed by atoms with Crippen molar-refractivity contribution in [1.82, 2.24) is 16.0 Å². The fourth-order valence-corrected chi connectivity index (χ4v) is 3.49. The maximum absolute atomic E-state index is 12.8. The third-order valence-corrected chi connectivity index (χ3v) is 5.23. The van der Waals surface area contributed by atoms with Gasteiger partial charge in [-0.25, -0.2) is 4.79 Å². The van der Waals surface area contributed by atoms with Crippen molar-refractivity contribution in [3.05, 3.63) is 35.9 Å². The number of carbonyl (C=O) groups is 2. The summed E-state index contributed by atoms with van der Waals surface area (Å²) in [5.41, 5.74) is 0.295. The van der Waals surface area contributed by atoms with Crippen LogP contribution in [0, 0.1) is 5.92 Å². The normalized spacial score (nSPS) is 20.2.